The molecule has 20 heavy (non-hydrogen) atoms. The SMILES string of the molecule is CC[C@H](C(=O)N(C)[C@@H](C)[C@@H](O)c1ccccc1)C(C)C. The molecule has 0 bridgehead atoms. The molecule has 0 spiro atoms. The molecule has 0 radical (unpaired) electrons. The van der Waals surface area contributed by atoms with Gasteiger partial charge in [0.15, 0.2) is 0 Å². The van der Waals surface area contributed by atoms with Crippen molar-refractivity contribution in [2.75, 3.05) is 7.05 Å². The van der Waals surface area contributed by atoms with Gasteiger partial charge in [-0.25, -0.2) is 0 Å². The Morgan fingerprint density at radius 2 is 1.75 bits per heavy atom. The molecule has 1 amide bonds. The standard InChI is InChI=1S/C17H27NO2/c1-6-15(12(2)3)17(20)18(5)13(4)16(19)14-10-8-7-9-11-14/h7-13,15-16,19H,6H2,1-5H3/t13-,15-,16+/m0/s1. The molecule has 0 saturated heterocycles. The van der Waals surface area contributed by atoms with E-state index in [1.54, 1.807) is 11.9 Å². The molecule has 0 aromatic heterocycles. The predicted molar refractivity (Wildman–Crippen MR) is 82.3 cm³/mol. The average molecular weight is 277 g/mol. The Bertz CT molecular complexity index is 416. The quantitative estimate of drug-likeness (QED) is 0.867. The summed E-state index contributed by atoms with van der Waals surface area (Å²) in [6.45, 7) is 8.06. The van der Waals surface area contributed by atoms with E-state index >= 15 is 0 Å². The summed E-state index contributed by atoms with van der Waals surface area (Å²) in [7, 11) is 1.78. The van der Waals surface area contributed by atoms with E-state index < -0.39 is 6.10 Å². The third-order valence-electron chi connectivity index (χ3n) is 4.12. The Morgan fingerprint density at radius 3 is 2.20 bits per heavy atom. The summed E-state index contributed by atoms with van der Waals surface area (Å²) in [5.74, 6) is 0.450. The van der Waals surface area contributed by atoms with Crippen LogP contribution in [-0.4, -0.2) is 29.0 Å². The highest BCUT2D eigenvalue weighted by molar-refractivity contribution is 5.79. The van der Waals surface area contributed by atoms with Crippen LogP contribution in [0, 0.1) is 11.8 Å². The van der Waals surface area contributed by atoms with Crippen molar-refractivity contribution in [2.24, 2.45) is 11.8 Å². The first-order valence-corrected chi connectivity index (χ1v) is 7.39. The number of benzene rings is 1. The van der Waals surface area contributed by atoms with Crippen LogP contribution in [0.3, 0.4) is 0 Å². The van der Waals surface area contributed by atoms with E-state index in [0.717, 1.165) is 12.0 Å². The fourth-order valence-corrected chi connectivity index (χ4v) is 2.53. The minimum absolute atomic E-state index is 0.0189. The van der Waals surface area contributed by atoms with Gasteiger partial charge in [0.05, 0.1) is 12.1 Å². The first kappa shape index (κ1) is 16.7. The van der Waals surface area contributed by atoms with Crippen LogP contribution in [0.5, 0.6) is 0 Å². The van der Waals surface area contributed by atoms with Crippen molar-refractivity contribution >= 4 is 5.91 Å². The predicted octanol–water partition coefficient (Wildman–Crippen LogP) is 3.25. The van der Waals surface area contributed by atoms with Gasteiger partial charge in [0.1, 0.15) is 0 Å². The molecule has 0 aliphatic heterocycles. The number of nitrogens with zero attached hydrogens (tertiary/aromatic N) is 1. The number of amides is 1. The van der Waals surface area contributed by atoms with E-state index in [-0.39, 0.29) is 17.9 Å². The number of hydrogen-bond acceptors (Lipinski definition) is 2. The monoisotopic (exact) mass is 277 g/mol. The van der Waals surface area contributed by atoms with Crippen molar-refractivity contribution in [1.29, 1.82) is 0 Å². The molecule has 0 saturated carbocycles. The van der Waals surface area contributed by atoms with Crippen LogP contribution in [0.25, 0.3) is 0 Å². The maximum atomic E-state index is 12.5. The smallest absolute Gasteiger partial charge is 0.226 e. The fraction of sp³-hybridized carbons (Fsp3) is 0.588. The highest BCUT2D eigenvalue weighted by atomic mass is 16.3. The third-order valence-corrected chi connectivity index (χ3v) is 4.12. The van der Waals surface area contributed by atoms with Crippen LogP contribution in [0.2, 0.25) is 0 Å². The maximum absolute atomic E-state index is 12.5. The van der Waals surface area contributed by atoms with E-state index in [4.69, 9.17) is 0 Å². The lowest BCUT2D eigenvalue weighted by atomic mass is 9.91. The van der Waals surface area contributed by atoms with Gasteiger partial charge in [-0.1, -0.05) is 51.1 Å². The number of likely N-dealkylation sites (N-methyl/N-ethyl adjacent to an activating group) is 1. The molecule has 3 nitrogen and oxygen atoms in total. The summed E-state index contributed by atoms with van der Waals surface area (Å²) in [6.07, 6.45) is 0.171. The molecule has 112 valence electrons. The number of rotatable bonds is 6. The van der Waals surface area contributed by atoms with Gasteiger partial charge in [-0.2, -0.15) is 0 Å². The molecule has 0 fully saturated rings. The van der Waals surface area contributed by atoms with E-state index in [1.165, 1.54) is 0 Å². The van der Waals surface area contributed by atoms with Gasteiger partial charge in [-0.15, -0.1) is 0 Å². The van der Waals surface area contributed by atoms with Gasteiger partial charge in [-0.05, 0) is 24.8 Å². The minimum Gasteiger partial charge on any atom is -0.386 e. The fourth-order valence-electron chi connectivity index (χ4n) is 2.53. The number of aliphatic hydroxyl groups is 1. The van der Waals surface area contributed by atoms with Crippen molar-refractivity contribution in [2.45, 2.75) is 46.3 Å². The van der Waals surface area contributed by atoms with E-state index in [1.807, 2.05) is 44.2 Å². The summed E-state index contributed by atoms with van der Waals surface area (Å²) in [5.41, 5.74) is 0.845. The number of carbonyl (C=O) groups excluding carboxylic acids is 1. The molecule has 0 aliphatic rings. The molecule has 3 atom stereocenters. The Balaban J connectivity index is 2.80. The third kappa shape index (κ3) is 3.83. The van der Waals surface area contributed by atoms with Crippen LogP contribution in [0.4, 0.5) is 0 Å². The molecule has 0 heterocycles. The topological polar surface area (TPSA) is 40.5 Å². The van der Waals surface area contributed by atoms with Gasteiger partial charge in [-0.3, -0.25) is 4.79 Å². The Labute approximate surface area is 122 Å². The normalized spacial score (nSPS) is 15.8. The zero-order valence-corrected chi connectivity index (χ0v) is 13.2. The second-order valence-corrected chi connectivity index (χ2v) is 5.80. The summed E-state index contributed by atoms with van der Waals surface area (Å²) in [4.78, 5) is 14.2. The number of aliphatic hydroxyl groups excluding tert-OH is 1. The van der Waals surface area contributed by atoms with Crippen LogP contribution in [-0.2, 0) is 4.79 Å². The second kappa shape index (κ2) is 7.44. The van der Waals surface area contributed by atoms with E-state index in [0.29, 0.717) is 5.92 Å². The first-order valence-electron chi connectivity index (χ1n) is 7.39. The summed E-state index contributed by atoms with van der Waals surface area (Å²) in [5, 5.41) is 10.4. The molecule has 0 aliphatic carbocycles. The zero-order valence-electron chi connectivity index (χ0n) is 13.2. The first-order chi connectivity index (χ1) is 9.40. The molecule has 1 aromatic carbocycles. The Hall–Kier alpha value is -1.35. The molecular formula is C17H27NO2. The zero-order chi connectivity index (χ0) is 15.3. The van der Waals surface area contributed by atoms with Gasteiger partial charge in [0, 0.05) is 13.0 Å². The number of hydrogen-bond donors (Lipinski definition) is 1. The lowest BCUT2D eigenvalue weighted by molar-refractivity contribution is -0.139. The van der Waals surface area contributed by atoms with Crippen molar-refractivity contribution < 1.29 is 9.90 Å². The van der Waals surface area contributed by atoms with Crippen LogP contribution in [0.15, 0.2) is 30.3 Å². The highest BCUT2D eigenvalue weighted by Crippen LogP contribution is 2.24. The minimum atomic E-state index is -0.658. The van der Waals surface area contributed by atoms with Crippen molar-refractivity contribution in [3.63, 3.8) is 0 Å². The average Bonchev–Trinajstić information content (AvgIpc) is 2.46. The lowest BCUT2D eigenvalue weighted by Crippen LogP contribution is -2.43. The van der Waals surface area contributed by atoms with Gasteiger partial charge < -0.3 is 10.0 Å². The maximum Gasteiger partial charge on any atom is 0.226 e. The van der Waals surface area contributed by atoms with Gasteiger partial charge in [0.2, 0.25) is 5.91 Å². The van der Waals surface area contributed by atoms with Crippen LogP contribution in [0.1, 0.15) is 45.8 Å². The summed E-state index contributed by atoms with van der Waals surface area (Å²) < 4.78 is 0. The van der Waals surface area contributed by atoms with Crippen molar-refractivity contribution in [1.82, 2.24) is 4.90 Å². The summed E-state index contributed by atoms with van der Waals surface area (Å²) >= 11 is 0. The van der Waals surface area contributed by atoms with Gasteiger partial charge in [0.25, 0.3) is 0 Å². The molecule has 0 unspecified atom stereocenters. The largest absolute Gasteiger partial charge is 0.386 e. The van der Waals surface area contributed by atoms with Crippen LogP contribution >= 0.6 is 0 Å². The van der Waals surface area contributed by atoms with Gasteiger partial charge >= 0.3 is 0 Å². The van der Waals surface area contributed by atoms with Crippen molar-refractivity contribution in [3.05, 3.63) is 35.9 Å². The molecule has 1 aromatic rings. The van der Waals surface area contributed by atoms with Crippen LogP contribution < -0.4 is 0 Å². The summed E-state index contributed by atoms with van der Waals surface area (Å²) in [6, 6.07) is 9.25. The lowest BCUT2D eigenvalue weighted by Gasteiger charge is -2.33. The van der Waals surface area contributed by atoms with E-state index in [2.05, 4.69) is 13.8 Å². The van der Waals surface area contributed by atoms with E-state index in [9.17, 15) is 9.90 Å². The highest BCUT2D eigenvalue weighted by Gasteiger charge is 2.29. The molecule has 1 N–H and O–H groups in total. The van der Waals surface area contributed by atoms with Crippen molar-refractivity contribution in [3.8, 4) is 0 Å². The Morgan fingerprint density at radius 1 is 1.20 bits per heavy atom. The number of carbonyl (C=O) groups is 1. The second-order valence-electron chi connectivity index (χ2n) is 5.80. The Kier molecular flexibility index (Phi) is 6.21. The molecule has 3 heteroatoms. The molecular weight excluding hydrogens is 250 g/mol. The molecule has 1 rings (SSSR count).